The van der Waals surface area contributed by atoms with Gasteiger partial charge in [0.05, 0.1) is 5.69 Å². The van der Waals surface area contributed by atoms with E-state index in [1.54, 1.807) is 32.3 Å². The van der Waals surface area contributed by atoms with Crippen LogP contribution in [0.15, 0.2) is 28.5 Å². The third-order valence-corrected chi connectivity index (χ3v) is 2.38. The van der Waals surface area contributed by atoms with Crippen molar-refractivity contribution in [3.8, 4) is 0 Å². The lowest BCUT2D eigenvalue weighted by Crippen LogP contribution is -2.34. The zero-order valence-corrected chi connectivity index (χ0v) is 9.06. The van der Waals surface area contributed by atoms with Gasteiger partial charge in [0.15, 0.2) is 0 Å². The summed E-state index contributed by atoms with van der Waals surface area (Å²) in [5.74, 6) is 0. The van der Waals surface area contributed by atoms with Crippen LogP contribution in [0.3, 0.4) is 0 Å². The SMILES string of the molecule is CN1N=Nc2cc(Cl)ccc2N(C)C1=O. The predicted molar refractivity (Wildman–Crippen MR) is 57.5 cm³/mol. The van der Waals surface area contributed by atoms with Crippen molar-refractivity contribution in [1.82, 2.24) is 5.01 Å². The highest BCUT2D eigenvalue weighted by Gasteiger charge is 2.21. The van der Waals surface area contributed by atoms with E-state index in [-0.39, 0.29) is 6.03 Å². The van der Waals surface area contributed by atoms with E-state index in [1.165, 1.54) is 9.91 Å². The lowest BCUT2D eigenvalue weighted by Gasteiger charge is -2.18. The summed E-state index contributed by atoms with van der Waals surface area (Å²) in [6.45, 7) is 0. The number of hydrogen-bond acceptors (Lipinski definition) is 3. The van der Waals surface area contributed by atoms with E-state index < -0.39 is 0 Å². The van der Waals surface area contributed by atoms with E-state index in [1.807, 2.05) is 0 Å². The van der Waals surface area contributed by atoms with Gasteiger partial charge in [0.2, 0.25) is 0 Å². The van der Waals surface area contributed by atoms with Gasteiger partial charge in [-0.1, -0.05) is 16.8 Å². The molecule has 0 fully saturated rings. The molecule has 1 aromatic carbocycles. The molecule has 2 amide bonds. The van der Waals surface area contributed by atoms with E-state index in [0.29, 0.717) is 16.4 Å². The molecule has 0 aliphatic carbocycles. The first kappa shape index (κ1) is 9.92. The molecule has 6 heteroatoms. The van der Waals surface area contributed by atoms with Gasteiger partial charge in [-0.3, -0.25) is 4.90 Å². The lowest BCUT2D eigenvalue weighted by atomic mass is 10.2. The van der Waals surface area contributed by atoms with E-state index in [9.17, 15) is 4.79 Å². The molecule has 0 N–H and O–H groups in total. The molecule has 0 aromatic heterocycles. The summed E-state index contributed by atoms with van der Waals surface area (Å²) >= 11 is 5.83. The first-order valence-electron chi connectivity index (χ1n) is 4.32. The van der Waals surface area contributed by atoms with Crippen LogP contribution in [0.5, 0.6) is 0 Å². The van der Waals surface area contributed by atoms with Gasteiger partial charge in [-0.15, -0.1) is 5.11 Å². The maximum atomic E-state index is 11.7. The van der Waals surface area contributed by atoms with Crippen molar-refractivity contribution < 1.29 is 4.79 Å². The Bertz CT molecular complexity index is 446. The van der Waals surface area contributed by atoms with Crippen LogP contribution < -0.4 is 4.90 Å². The molecule has 78 valence electrons. The quantitative estimate of drug-likeness (QED) is 0.669. The molecule has 1 aliphatic heterocycles. The lowest BCUT2D eigenvalue weighted by molar-refractivity contribution is 0.216. The number of anilines is 1. The summed E-state index contributed by atoms with van der Waals surface area (Å²) in [4.78, 5) is 13.1. The number of carbonyl (C=O) groups excluding carboxylic acids is 1. The van der Waals surface area contributed by atoms with Gasteiger partial charge in [-0.2, -0.15) is 5.01 Å². The first-order valence-corrected chi connectivity index (χ1v) is 4.70. The standard InChI is InChI=1S/C9H9ClN4O/c1-13-8-4-3-6(10)5-7(8)11-12-14(2)9(13)15/h3-5H,1-2H3. The summed E-state index contributed by atoms with van der Waals surface area (Å²) in [5, 5.41) is 9.42. The molecule has 0 bridgehead atoms. The second kappa shape index (κ2) is 3.51. The van der Waals surface area contributed by atoms with Gasteiger partial charge in [-0.25, -0.2) is 4.79 Å². The fraction of sp³-hybridized carbons (Fsp3) is 0.222. The molecular weight excluding hydrogens is 216 g/mol. The van der Waals surface area contributed by atoms with Crippen molar-refractivity contribution in [3.05, 3.63) is 23.2 Å². The Labute approximate surface area is 91.9 Å². The molecule has 1 aromatic rings. The highest BCUT2D eigenvalue weighted by molar-refractivity contribution is 6.31. The Balaban J connectivity index is 2.56. The van der Waals surface area contributed by atoms with Gasteiger partial charge in [-0.05, 0) is 18.2 Å². The molecule has 5 nitrogen and oxygen atoms in total. The normalized spacial score (nSPS) is 15.3. The minimum atomic E-state index is -0.236. The number of amides is 2. The summed E-state index contributed by atoms with van der Waals surface area (Å²) < 4.78 is 0. The van der Waals surface area contributed by atoms with Crippen molar-refractivity contribution in [2.24, 2.45) is 10.3 Å². The van der Waals surface area contributed by atoms with Crippen LogP contribution in [-0.4, -0.2) is 25.1 Å². The van der Waals surface area contributed by atoms with Crippen LogP contribution in [0.4, 0.5) is 16.2 Å². The highest BCUT2D eigenvalue weighted by atomic mass is 35.5. The Morgan fingerprint density at radius 2 is 2.07 bits per heavy atom. The monoisotopic (exact) mass is 224 g/mol. The van der Waals surface area contributed by atoms with Crippen LogP contribution >= 0.6 is 11.6 Å². The van der Waals surface area contributed by atoms with Crippen LogP contribution in [0.1, 0.15) is 0 Å². The Hall–Kier alpha value is -1.62. The molecule has 0 spiro atoms. The Morgan fingerprint density at radius 1 is 1.33 bits per heavy atom. The van der Waals surface area contributed by atoms with Gasteiger partial charge < -0.3 is 0 Å². The predicted octanol–water partition coefficient (Wildman–Crippen LogP) is 2.84. The number of nitrogens with zero attached hydrogens (tertiary/aromatic N) is 4. The van der Waals surface area contributed by atoms with Crippen LogP contribution in [0.25, 0.3) is 0 Å². The topological polar surface area (TPSA) is 48.3 Å². The summed E-state index contributed by atoms with van der Waals surface area (Å²) in [7, 11) is 3.22. The molecule has 2 rings (SSSR count). The van der Waals surface area contributed by atoms with Gasteiger partial charge >= 0.3 is 6.03 Å². The van der Waals surface area contributed by atoms with E-state index >= 15 is 0 Å². The molecule has 0 saturated carbocycles. The third-order valence-electron chi connectivity index (χ3n) is 2.15. The minimum absolute atomic E-state index is 0.236. The van der Waals surface area contributed by atoms with Crippen molar-refractivity contribution in [1.29, 1.82) is 0 Å². The van der Waals surface area contributed by atoms with Crippen molar-refractivity contribution in [2.45, 2.75) is 0 Å². The summed E-state index contributed by atoms with van der Waals surface area (Å²) in [6.07, 6.45) is 0. The number of benzene rings is 1. The Morgan fingerprint density at radius 3 is 2.80 bits per heavy atom. The fourth-order valence-electron chi connectivity index (χ4n) is 1.33. The number of hydrogen-bond donors (Lipinski definition) is 0. The molecule has 0 atom stereocenters. The largest absolute Gasteiger partial charge is 0.345 e. The van der Waals surface area contributed by atoms with Gasteiger partial charge in [0.25, 0.3) is 0 Å². The summed E-state index contributed by atoms with van der Waals surface area (Å²) in [6, 6.07) is 4.89. The molecule has 0 radical (unpaired) electrons. The smallest absolute Gasteiger partial charge is 0.294 e. The maximum absolute atomic E-state index is 11.7. The average molecular weight is 225 g/mol. The zero-order chi connectivity index (χ0) is 11.0. The highest BCUT2D eigenvalue weighted by Crippen LogP contribution is 2.33. The van der Waals surface area contributed by atoms with E-state index in [4.69, 9.17) is 11.6 Å². The van der Waals surface area contributed by atoms with Gasteiger partial charge in [0, 0.05) is 19.1 Å². The summed E-state index contributed by atoms with van der Waals surface area (Å²) in [5.41, 5.74) is 1.28. The van der Waals surface area contributed by atoms with Gasteiger partial charge in [0.1, 0.15) is 5.69 Å². The fourth-order valence-corrected chi connectivity index (χ4v) is 1.50. The van der Waals surface area contributed by atoms with Crippen molar-refractivity contribution >= 4 is 29.0 Å². The van der Waals surface area contributed by atoms with Crippen LogP contribution in [0, 0.1) is 0 Å². The molecule has 0 unspecified atom stereocenters. The number of rotatable bonds is 0. The molecule has 15 heavy (non-hydrogen) atoms. The number of halogens is 1. The number of fused-ring (bicyclic) bond motifs is 1. The van der Waals surface area contributed by atoms with E-state index in [0.717, 1.165) is 0 Å². The molecular formula is C9H9ClN4O. The minimum Gasteiger partial charge on any atom is -0.294 e. The van der Waals surface area contributed by atoms with Crippen LogP contribution in [-0.2, 0) is 0 Å². The van der Waals surface area contributed by atoms with Crippen molar-refractivity contribution in [2.75, 3.05) is 19.0 Å². The number of urea groups is 1. The molecule has 0 saturated heterocycles. The van der Waals surface area contributed by atoms with E-state index in [2.05, 4.69) is 10.3 Å². The average Bonchev–Trinajstić information content (AvgIpc) is 2.32. The maximum Gasteiger partial charge on any atom is 0.345 e. The second-order valence-electron chi connectivity index (χ2n) is 3.19. The van der Waals surface area contributed by atoms with Crippen LogP contribution in [0.2, 0.25) is 5.02 Å². The second-order valence-corrected chi connectivity index (χ2v) is 3.62. The third kappa shape index (κ3) is 1.66. The zero-order valence-electron chi connectivity index (χ0n) is 8.31. The van der Waals surface area contributed by atoms with Crippen molar-refractivity contribution in [3.63, 3.8) is 0 Å². The first-order chi connectivity index (χ1) is 7.09. The molecule has 1 aliphatic rings. The Kier molecular flexibility index (Phi) is 2.32. The number of carbonyl (C=O) groups is 1. The molecule has 1 heterocycles.